The van der Waals surface area contributed by atoms with Gasteiger partial charge in [0.25, 0.3) is 0 Å². The van der Waals surface area contributed by atoms with Crippen molar-refractivity contribution in [3.05, 3.63) is 29.3 Å². The summed E-state index contributed by atoms with van der Waals surface area (Å²) in [5.74, 6) is -2.01. The quantitative estimate of drug-likeness (QED) is 0.705. The molecule has 0 aliphatic carbocycles. The largest absolute Gasteiger partial charge is 0.478 e. The molecular formula is C13H15F3N2O3. The zero-order valence-corrected chi connectivity index (χ0v) is 11.3. The van der Waals surface area contributed by atoms with Gasteiger partial charge in [0.2, 0.25) is 5.91 Å². The third kappa shape index (κ3) is 5.07. The number of carboxylic acid groups (broad SMARTS) is 1. The molecule has 0 radical (unpaired) electrons. The van der Waals surface area contributed by atoms with E-state index in [1.54, 1.807) is 0 Å². The van der Waals surface area contributed by atoms with Crippen molar-refractivity contribution in [2.75, 3.05) is 18.4 Å². The fourth-order valence-corrected chi connectivity index (χ4v) is 1.60. The van der Waals surface area contributed by atoms with Crippen LogP contribution in [0.15, 0.2) is 18.2 Å². The normalized spacial score (nSPS) is 11.2. The molecular weight excluding hydrogens is 289 g/mol. The van der Waals surface area contributed by atoms with Gasteiger partial charge in [0.1, 0.15) is 0 Å². The third-order valence-corrected chi connectivity index (χ3v) is 2.63. The molecule has 0 aromatic heterocycles. The number of anilines is 1. The lowest BCUT2D eigenvalue weighted by molar-refractivity contribution is -0.137. The van der Waals surface area contributed by atoms with Crippen LogP contribution in [0.1, 0.15) is 29.3 Å². The highest BCUT2D eigenvalue weighted by Crippen LogP contribution is 2.31. The van der Waals surface area contributed by atoms with Gasteiger partial charge >= 0.3 is 12.1 Å². The molecule has 0 saturated heterocycles. The molecule has 0 atom stereocenters. The first-order valence-corrected chi connectivity index (χ1v) is 6.20. The van der Waals surface area contributed by atoms with Crippen molar-refractivity contribution in [3.63, 3.8) is 0 Å². The number of nitrogens with one attached hydrogen (secondary N) is 2. The minimum atomic E-state index is -4.64. The van der Waals surface area contributed by atoms with E-state index in [1.165, 1.54) is 0 Å². The van der Waals surface area contributed by atoms with E-state index in [2.05, 4.69) is 10.6 Å². The highest BCUT2D eigenvalue weighted by Gasteiger charge is 2.31. The lowest BCUT2D eigenvalue weighted by Gasteiger charge is -2.12. The molecule has 116 valence electrons. The lowest BCUT2D eigenvalue weighted by atomic mass is 10.1. The Morgan fingerprint density at radius 1 is 1.29 bits per heavy atom. The molecule has 21 heavy (non-hydrogen) atoms. The number of carbonyl (C=O) groups is 2. The predicted molar refractivity (Wildman–Crippen MR) is 70.2 cm³/mol. The first-order valence-electron chi connectivity index (χ1n) is 6.20. The average Bonchev–Trinajstić information content (AvgIpc) is 2.37. The van der Waals surface area contributed by atoms with E-state index in [-0.39, 0.29) is 12.1 Å². The van der Waals surface area contributed by atoms with Gasteiger partial charge in [0.15, 0.2) is 0 Å². The van der Waals surface area contributed by atoms with Gasteiger partial charge in [-0.05, 0) is 24.7 Å². The maximum Gasteiger partial charge on any atom is 0.416 e. The molecule has 0 fully saturated rings. The van der Waals surface area contributed by atoms with Crippen LogP contribution < -0.4 is 10.6 Å². The summed E-state index contributed by atoms with van der Waals surface area (Å²) in [6, 6.07) is 2.17. The van der Waals surface area contributed by atoms with Gasteiger partial charge in [-0.3, -0.25) is 4.79 Å². The Labute approximate surface area is 119 Å². The molecule has 0 saturated carbocycles. The maximum absolute atomic E-state index is 12.5. The zero-order valence-electron chi connectivity index (χ0n) is 11.3. The molecule has 0 aliphatic rings. The Kier molecular flexibility index (Phi) is 5.71. The second-order valence-corrected chi connectivity index (χ2v) is 4.22. The van der Waals surface area contributed by atoms with Crippen LogP contribution in [0.5, 0.6) is 0 Å². The number of rotatable bonds is 6. The molecule has 1 aromatic carbocycles. The van der Waals surface area contributed by atoms with E-state index in [9.17, 15) is 22.8 Å². The summed E-state index contributed by atoms with van der Waals surface area (Å²) >= 11 is 0. The molecule has 8 heteroatoms. The number of hydrogen-bond donors (Lipinski definition) is 3. The van der Waals surface area contributed by atoms with Crippen molar-refractivity contribution in [2.45, 2.75) is 19.5 Å². The molecule has 0 unspecified atom stereocenters. The van der Waals surface area contributed by atoms with Gasteiger partial charge in [-0.15, -0.1) is 0 Å². The average molecular weight is 304 g/mol. The van der Waals surface area contributed by atoms with Crippen molar-refractivity contribution < 1.29 is 27.9 Å². The number of aromatic carboxylic acids is 1. The Bertz CT molecular complexity index is 530. The molecule has 3 N–H and O–H groups in total. The monoisotopic (exact) mass is 304 g/mol. The number of amides is 1. The summed E-state index contributed by atoms with van der Waals surface area (Å²) in [5, 5.41) is 14.2. The van der Waals surface area contributed by atoms with E-state index < -0.39 is 29.2 Å². The van der Waals surface area contributed by atoms with E-state index >= 15 is 0 Å². The van der Waals surface area contributed by atoms with Gasteiger partial charge in [0.05, 0.1) is 16.8 Å². The Hall–Kier alpha value is -2.09. The minimum Gasteiger partial charge on any atom is -0.478 e. The van der Waals surface area contributed by atoms with Gasteiger partial charge < -0.3 is 15.7 Å². The lowest BCUT2D eigenvalue weighted by Crippen LogP contribution is -2.22. The van der Waals surface area contributed by atoms with Crippen molar-refractivity contribution in [3.8, 4) is 0 Å². The molecule has 1 aromatic rings. The summed E-state index contributed by atoms with van der Waals surface area (Å²) in [5.41, 5.74) is -1.83. The Morgan fingerprint density at radius 2 is 1.95 bits per heavy atom. The summed E-state index contributed by atoms with van der Waals surface area (Å²) in [4.78, 5) is 22.6. The molecule has 0 spiro atoms. The smallest absolute Gasteiger partial charge is 0.416 e. The fraction of sp³-hybridized carbons (Fsp3) is 0.385. The summed E-state index contributed by atoms with van der Waals surface area (Å²) < 4.78 is 37.6. The number of hydrogen-bond acceptors (Lipinski definition) is 3. The van der Waals surface area contributed by atoms with Crippen LogP contribution >= 0.6 is 0 Å². The summed E-state index contributed by atoms with van der Waals surface area (Å²) in [6.45, 7) is 2.93. The molecule has 0 aliphatic heterocycles. The minimum absolute atomic E-state index is 0.0912. The van der Waals surface area contributed by atoms with Crippen LogP contribution in [0, 0.1) is 0 Å². The number of halogens is 3. The SMILES string of the molecule is CCNCCC(=O)Nc1ccc(C(F)(F)F)cc1C(=O)O. The van der Waals surface area contributed by atoms with Crippen molar-refractivity contribution in [1.82, 2.24) is 5.32 Å². The number of carbonyl (C=O) groups excluding carboxylic acids is 1. The number of benzene rings is 1. The molecule has 1 amide bonds. The van der Waals surface area contributed by atoms with Crippen LogP contribution in [0.2, 0.25) is 0 Å². The second kappa shape index (κ2) is 7.07. The van der Waals surface area contributed by atoms with Crippen LogP contribution in [0.3, 0.4) is 0 Å². The highest BCUT2D eigenvalue weighted by molar-refractivity contribution is 6.00. The summed E-state index contributed by atoms with van der Waals surface area (Å²) in [6.07, 6.45) is -4.55. The van der Waals surface area contributed by atoms with E-state index in [0.29, 0.717) is 19.2 Å². The standard InChI is InChI=1S/C13H15F3N2O3/c1-2-17-6-5-11(19)18-10-4-3-8(13(14,15)16)7-9(10)12(20)21/h3-4,7,17H,2,5-6H2,1H3,(H,18,19)(H,20,21). The molecule has 0 bridgehead atoms. The second-order valence-electron chi connectivity index (χ2n) is 4.22. The Morgan fingerprint density at radius 3 is 2.48 bits per heavy atom. The fourth-order valence-electron chi connectivity index (χ4n) is 1.60. The van der Waals surface area contributed by atoms with Crippen LogP contribution in [0.4, 0.5) is 18.9 Å². The molecule has 5 nitrogen and oxygen atoms in total. The van der Waals surface area contributed by atoms with Gasteiger partial charge in [-0.2, -0.15) is 13.2 Å². The number of alkyl halides is 3. The topological polar surface area (TPSA) is 78.4 Å². The van der Waals surface area contributed by atoms with Gasteiger partial charge in [-0.1, -0.05) is 6.92 Å². The predicted octanol–water partition coefficient (Wildman–Crippen LogP) is 2.34. The molecule has 0 heterocycles. The summed E-state index contributed by atoms with van der Waals surface area (Å²) in [7, 11) is 0. The van der Waals surface area contributed by atoms with Crippen molar-refractivity contribution in [2.24, 2.45) is 0 Å². The van der Waals surface area contributed by atoms with Crippen LogP contribution in [0.25, 0.3) is 0 Å². The first-order chi connectivity index (χ1) is 9.75. The first kappa shape index (κ1) is 17.0. The van der Waals surface area contributed by atoms with E-state index in [4.69, 9.17) is 5.11 Å². The zero-order chi connectivity index (χ0) is 16.0. The maximum atomic E-state index is 12.5. The van der Waals surface area contributed by atoms with Crippen LogP contribution in [-0.4, -0.2) is 30.1 Å². The third-order valence-electron chi connectivity index (χ3n) is 2.63. The number of carboxylic acids is 1. The van der Waals surface area contributed by atoms with Crippen LogP contribution in [-0.2, 0) is 11.0 Å². The van der Waals surface area contributed by atoms with Crippen molar-refractivity contribution >= 4 is 17.6 Å². The molecule has 1 rings (SSSR count). The highest BCUT2D eigenvalue weighted by atomic mass is 19.4. The van der Waals surface area contributed by atoms with Gasteiger partial charge in [0, 0.05) is 13.0 Å². The van der Waals surface area contributed by atoms with Gasteiger partial charge in [-0.25, -0.2) is 4.79 Å². The van der Waals surface area contributed by atoms with E-state index in [1.807, 2.05) is 6.92 Å². The van der Waals surface area contributed by atoms with E-state index in [0.717, 1.165) is 12.1 Å². The Balaban J connectivity index is 2.92. The van der Waals surface area contributed by atoms with Crippen molar-refractivity contribution in [1.29, 1.82) is 0 Å².